The smallest absolute Gasteiger partial charge is 0.100 e. The lowest BCUT2D eigenvalue weighted by atomic mass is 9.86. The number of rotatable bonds is 0. The Hall–Kier alpha value is -3.00. The number of anilines is 2. The predicted octanol–water partition coefficient (Wildman–Crippen LogP) is 5.40. The fraction of sp³-hybridized carbons (Fsp3) is 0.0909. The van der Waals surface area contributed by atoms with Crippen LogP contribution in [0.25, 0.3) is 11.3 Å². The van der Waals surface area contributed by atoms with Gasteiger partial charge in [0.1, 0.15) is 6.04 Å². The number of hydrogen-bond donors (Lipinski definition) is 0. The average molecular weight is 308 g/mol. The van der Waals surface area contributed by atoms with Gasteiger partial charge in [0.15, 0.2) is 0 Å². The fourth-order valence-electron chi connectivity index (χ4n) is 4.53. The molecule has 3 aliphatic rings. The van der Waals surface area contributed by atoms with Gasteiger partial charge in [-0.05, 0) is 47.9 Å². The molecule has 1 aromatic heterocycles. The third-order valence-corrected chi connectivity index (χ3v) is 5.47. The first-order valence-corrected chi connectivity index (χ1v) is 8.48. The van der Waals surface area contributed by atoms with Gasteiger partial charge in [0.25, 0.3) is 0 Å². The van der Waals surface area contributed by atoms with Crippen molar-refractivity contribution in [1.82, 2.24) is 4.57 Å². The van der Waals surface area contributed by atoms with E-state index in [0.29, 0.717) is 0 Å². The van der Waals surface area contributed by atoms with Gasteiger partial charge in [-0.25, -0.2) is 0 Å². The minimum Gasteiger partial charge on any atom is -0.326 e. The highest BCUT2D eigenvalue weighted by atomic mass is 15.2. The van der Waals surface area contributed by atoms with Crippen LogP contribution in [0.2, 0.25) is 0 Å². The van der Waals surface area contributed by atoms with Crippen LogP contribution < -0.4 is 4.90 Å². The molecule has 0 saturated carbocycles. The molecule has 0 bridgehead atoms. The number of benzene rings is 2. The number of fused-ring (bicyclic) bond motifs is 10. The van der Waals surface area contributed by atoms with E-state index in [2.05, 4.69) is 88.5 Å². The third kappa shape index (κ3) is 1.37. The Balaban J connectivity index is 1.75. The van der Waals surface area contributed by atoms with Crippen molar-refractivity contribution in [1.29, 1.82) is 0 Å². The second-order valence-electron chi connectivity index (χ2n) is 6.62. The molecule has 1 atom stereocenters. The van der Waals surface area contributed by atoms with Crippen molar-refractivity contribution in [3.8, 4) is 5.69 Å². The van der Waals surface area contributed by atoms with Gasteiger partial charge in [-0.2, -0.15) is 0 Å². The number of aromatic nitrogens is 1. The number of hydrogen-bond acceptors (Lipinski definition) is 1. The van der Waals surface area contributed by atoms with Crippen molar-refractivity contribution in [2.45, 2.75) is 12.5 Å². The molecule has 1 unspecified atom stereocenters. The van der Waals surface area contributed by atoms with Crippen molar-refractivity contribution in [2.75, 3.05) is 4.90 Å². The number of allylic oxidation sites excluding steroid dienone is 2. The molecule has 2 aromatic carbocycles. The lowest BCUT2D eigenvalue weighted by molar-refractivity contribution is 0.724. The molecule has 0 N–H and O–H groups in total. The Morgan fingerprint density at radius 2 is 1.58 bits per heavy atom. The van der Waals surface area contributed by atoms with E-state index in [1.54, 1.807) is 0 Å². The molecule has 0 saturated heterocycles. The fourth-order valence-corrected chi connectivity index (χ4v) is 4.53. The molecule has 0 spiro atoms. The summed E-state index contributed by atoms with van der Waals surface area (Å²) in [6.07, 6.45) is 7.86. The Morgan fingerprint density at radius 3 is 2.50 bits per heavy atom. The van der Waals surface area contributed by atoms with Crippen molar-refractivity contribution in [3.63, 3.8) is 0 Å². The molecule has 2 nitrogen and oxygen atoms in total. The van der Waals surface area contributed by atoms with Crippen LogP contribution in [0, 0.1) is 0 Å². The first-order valence-electron chi connectivity index (χ1n) is 8.48. The van der Waals surface area contributed by atoms with Crippen LogP contribution in [-0.4, -0.2) is 4.57 Å². The molecule has 114 valence electrons. The van der Waals surface area contributed by atoms with Crippen molar-refractivity contribution in [3.05, 3.63) is 95.8 Å². The van der Waals surface area contributed by atoms with Crippen LogP contribution in [0.1, 0.15) is 23.7 Å². The quantitative estimate of drug-likeness (QED) is 0.540. The van der Waals surface area contributed by atoms with Crippen LogP contribution in [-0.2, 0) is 0 Å². The molecule has 1 aliphatic carbocycles. The lowest BCUT2D eigenvalue weighted by Gasteiger charge is -2.44. The molecule has 2 heteroatoms. The SMILES string of the molecule is C1=CC2=C(C1)c1ccccc1N1c3ccccc3-n3cccc3C21. The summed E-state index contributed by atoms with van der Waals surface area (Å²) in [5.41, 5.74) is 9.53. The van der Waals surface area contributed by atoms with E-state index in [1.807, 2.05) is 0 Å². The molecule has 2 aliphatic heterocycles. The molecular formula is C22H16N2. The summed E-state index contributed by atoms with van der Waals surface area (Å²) >= 11 is 0. The highest BCUT2D eigenvalue weighted by Crippen LogP contribution is 2.55. The minimum absolute atomic E-state index is 0.263. The van der Waals surface area contributed by atoms with Crippen molar-refractivity contribution < 1.29 is 0 Å². The molecule has 24 heavy (non-hydrogen) atoms. The van der Waals surface area contributed by atoms with Gasteiger partial charge in [0.2, 0.25) is 0 Å². The molecule has 0 radical (unpaired) electrons. The van der Waals surface area contributed by atoms with Gasteiger partial charge >= 0.3 is 0 Å². The van der Waals surface area contributed by atoms with Crippen LogP contribution in [0.5, 0.6) is 0 Å². The van der Waals surface area contributed by atoms with E-state index >= 15 is 0 Å². The largest absolute Gasteiger partial charge is 0.326 e. The minimum atomic E-state index is 0.263. The maximum absolute atomic E-state index is 2.52. The summed E-state index contributed by atoms with van der Waals surface area (Å²) in [5, 5.41) is 0. The Kier molecular flexibility index (Phi) is 2.22. The Morgan fingerprint density at radius 1 is 0.792 bits per heavy atom. The summed E-state index contributed by atoms with van der Waals surface area (Å²) in [6, 6.07) is 22.2. The standard InChI is InChI=1S/C22H16N2/c1-2-10-18-16(7-1)15-8-5-9-17(15)22-21-13-6-14-23(21)19-11-3-4-12-20(19)24(18)22/h1-7,9-14,22H,8H2. The van der Waals surface area contributed by atoms with Crippen LogP contribution in [0.4, 0.5) is 11.4 Å². The highest BCUT2D eigenvalue weighted by molar-refractivity contribution is 5.92. The van der Waals surface area contributed by atoms with E-state index in [4.69, 9.17) is 0 Å². The van der Waals surface area contributed by atoms with Gasteiger partial charge in [-0.15, -0.1) is 0 Å². The molecule has 0 amide bonds. The van der Waals surface area contributed by atoms with E-state index in [9.17, 15) is 0 Å². The highest BCUT2D eigenvalue weighted by Gasteiger charge is 2.39. The van der Waals surface area contributed by atoms with Crippen molar-refractivity contribution in [2.24, 2.45) is 0 Å². The van der Waals surface area contributed by atoms with E-state index in [0.717, 1.165) is 6.42 Å². The van der Waals surface area contributed by atoms with Gasteiger partial charge in [-0.1, -0.05) is 42.5 Å². The predicted molar refractivity (Wildman–Crippen MR) is 97.8 cm³/mol. The molecule has 0 fully saturated rings. The molecule has 6 rings (SSSR count). The van der Waals surface area contributed by atoms with Crippen LogP contribution in [0.15, 0.2) is 84.6 Å². The number of nitrogens with zero attached hydrogens (tertiary/aromatic N) is 2. The first kappa shape index (κ1) is 12.4. The summed E-state index contributed by atoms with van der Waals surface area (Å²) in [5.74, 6) is 0. The maximum Gasteiger partial charge on any atom is 0.100 e. The van der Waals surface area contributed by atoms with Gasteiger partial charge < -0.3 is 9.47 Å². The summed E-state index contributed by atoms with van der Waals surface area (Å²) in [6.45, 7) is 0. The average Bonchev–Trinajstić information content (AvgIpc) is 3.31. The van der Waals surface area contributed by atoms with Gasteiger partial charge in [0.05, 0.1) is 17.1 Å². The normalized spacial score (nSPS) is 19.5. The van der Waals surface area contributed by atoms with Gasteiger partial charge in [0, 0.05) is 17.4 Å². The van der Waals surface area contributed by atoms with Gasteiger partial charge in [-0.3, -0.25) is 0 Å². The summed E-state index contributed by atoms with van der Waals surface area (Å²) < 4.78 is 2.35. The zero-order valence-corrected chi connectivity index (χ0v) is 13.2. The third-order valence-electron chi connectivity index (χ3n) is 5.47. The van der Waals surface area contributed by atoms with Crippen molar-refractivity contribution >= 4 is 16.9 Å². The van der Waals surface area contributed by atoms with E-state index in [1.165, 1.54) is 39.5 Å². The topological polar surface area (TPSA) is 8.17 Å². The summed E-state index contributed by atoms with van der Waals surface area (Å²) in [4.78, 5) is 2.52. The first-order chi connectivity index (χ1) is 11.9. The molecular weight excluding hydrogens is 292 g/mol. The zero-order valence-electron chi connectivity index (χ0n) is 13.2. The van der Waals surface area contributed by atoms with E-state index in [-0.39, 0.29) is 6.04 Å². The monoisotopic (exact) mass is 308 g/mol. The molecule has 3 aromatic rings. The maximum atomic E-state index is 2.52. The Labute approximate surface area is 141 Å². The van der Waals surface area contributed by atoms with E-state index < -0.39 is 0 Å². The van der Waals surface area contributed by atoms with Crippen LogP contribution in [0.3, 0.4) is 0 Å². The summed E-state index contributed by atoms with van der Waals surface area (Å²) in [7, 11) is 0. The number of para-hydroxylation sites is 3. The molecule has 3 heterocycles. The lowest BCUT2D eigenvalue weighted by Crippen LogP contribution is -2.34. The second kappa shape index (κ2) is 4.30. The zero-order chi connectivity index (χ0) is 15.7. The second-order valence-corrected chi connectivity index (χ2v) is 6.62. The van der Waals surface area contributed by atoms with Crippen LogP contribution >= 0.6 is 0 Å². The Bertz CT molecular complexity index is 1050.